The van der Waals surface area contributed by atoms with Gasteiger partial charge in [-0.1, -0.05) is 23.8 Å². The van der Waals surface area contributed by atoms with Gasteiger partial charge < -0.3 is 5.73 Å². The van der Waals surface area contributed by atoms with Crippen molar-refractivity contribution in [1.29, 1.82) is 0 Å². The summed E-state index contributed by atoms with van der Waals surface area (Å²) < 4.78 is 1.57. The second kappa shape index (κ2) is 5.60. The number of benzene rings is 1. The second-order valence-corrected chi connectivity index (χ2v) is 6.18. The molecule has 0 amide bonds. The number of nitrogen functional groups attached to an aromatic ring is 1. The van der Waals surface area contributed by atoms with Crippen LogP contribution in [-0.4, -0.2) is 14.5 Å². The summed E-state index contributed by atoms with van der Waals surface area (Å²) in [6.07, 6.45) is 4.63. The molecule has 120 valence electrons. The van der Waals surface area contributed by atoms with E-state index in [1.807, 2.05) is 18.2 Å². The van der Waals surface area contributed by atoms with Gasteiger partial charge in [0.05, 0.1) is 11.4 Å². The van der Waals surface area contributed by atoms with E-state index >= 15 is 0 Å². The average Bonchev–Trinajstić information content (AvgIpc) is 3.03. The highest BCUT2D eigenvalue weighted by atomic mass is 16.1. The van der Waals surface area contributed by atoms with E-state index in [1.165, 1.54) is 5.56 Å². The molecule has 4 rings (SSSR count). The van der Waals surface area contributed by atoms with Crippen LogP contribution >= 0.6 is 0 Å². The minimum Gasteiger partial charge on any atom is -0.383 e. The SMILES string of the molecule is Cc1cccc(-c2cc(-n3ccc(N)nc3=O)c3c(n2)CCC3)c1. The van der Waals surface area contributed by atoms with Gasteiger partial charge in [0.15, 0.2) is 0 Å². The van der Waals surface area contributed by atoms with Crippen LogP contribution in [0.5, 0.6) is 0 Å². The average molecular weight is 318 g/mol. The lowest BCUT2D eigenvalue weighted by molar-refractivity contribution is 0.882. The van der Waals surface area contributed by atoms with Crippen molar-refractivity contribution < 1.29 is 0 Å². The Morgan fingerprint density at radius 2 is 2.00 bits per heavy atom. The van der Waals surface area contributed by atoms with Crippen LogP contribution in [0, 0.1) is 6.92 Å². The molecule has 5 nitrogen and oxygen atoms in total. The number of aryl methyl sites for hydroxylation is 2. The van der Waals surface area contributed by atoms with Crippen molar-refractivity contribution in [2.24, 2.45) is 0 Å². The first-order chi connectivity index (χ1) is 11.6. The van der Waals surface area contributed by atoms with E-state index in [1.54, 1.807) is 16.8 Å². The lowest BCUT2D eigenvalue weighted by Crippen LogP contribution is -2.22. The Morgan fingerprint density at radius 3 is 2.79 bits per heavy atom. The van der Waals surface area contributed by atoms with Crippen molar-refractivity contribution in [2.75, 3.05) is 5.73 Å². The Labute approximate surface area is 139 Å². The smallest absolute Gasteiger partial charge is 0.354 e. The molecule has 0 atom stereocenters. The Bertz CT molecular complexity index is 991. The van der Waals surface area contributed by atoms with E-state index in [2.05, 4.69) is 24.0 Å². The van der Waals surface area contributed by atoms with E-state index in [-0.39, 0.29) is 11.5 Å². The molecule has 0 bridgehead atoms. The number of hydrogen-bond donors (Lipinski definition) is 1. The third-order valence-corrected chi connectivity index (χ3v) is 4.43. The maximum absolute atomic E-state index is 12.3. The highest BCUT2D eigenvalue weighted by Crippen LogP contribution is 2.30. The minimum absolute atomic E-state index is 0.237. The summed E-state index contributed by atoms with van der Waals surface area (Å²) in [7, 11) is 0. The fraction of sp³-hybridized carbons (Fsp3) is 0.211. The lowest BCUT2D eigenvalue weighted by atomic mass is 10.1. The van der Waals surface area contributed by atoms with Crippen molar-refractivity contribution in [3.8, 4) is 16.9 Å². The number of anilines is 1. The molecule has 0 spiro atoms. The fourth-order valence-electron chi connectivity index (χ4n) is 3.29. The van der Waals surface area contributed by atoms with Crippen molar-refractivity contribution in [3.05, 3.63) is 69.9 Å². The van der Waals surface area contributed by atoms with Gasteiger partial charge in [0.25, 0.3) is 0 Å². The van der Waals surface area contributed by atoms with Crippen LogP contribution in [0.1, 0.15) is 23.2 Å². The van der Waals surface area contributed by atoms with E-state index < -0.39 is 0 Å². The predicted molar refractivity (Wildman–Crippen MR) is 94.2 cm³/mol. The van der Waals surface area contributed by atoms with Gasteiger partial charge in [-0.2, -0.15) is 4.98 Å². The maximum Gasteiger partial charge on any atom is 0.354 e. The molecule has 0 unspecified atom stereocenters. The highest BCUT2D eigenvalue weighted by molar-refractivity contribution is 5.65. The van der Waals surface area contributed by atoms with Crippen molar-refractivity contribution in [2.45, 2.75) is 26.2 Å². The molecule has 0 saturated carbocycles. The molecular weight excluding hydrogens is 300 g/mol. The van der Waals surface area contributed by atoms with Crippen LogP contribution in [-0.2, 0) is 12.8 Å². The Morgan fingerprint density at radius 1 is 1.12 bits per heavy atom. The van der Waals surface area contributed by atoms with Crippen LogP contribution in [0.2, 0.25) is 0 Å². The van der Waals surface area contributed by atoms with Crippen molar-refractivity contribution in [3.63, 3.8) is 0 Å². The molecule has 0 fully saturated rings. The number of rotatable bonds is 2. The molecular formula is C19H18N4O. The van der Waals surface area contributed by atoms with Gasteiger partial charge in [-0.3, -0.25) is 9.55 Å². The van der Waals surface area contributed by atoms with E-state index in [0.29, 0.717) is 0 Å². The monoisotopic (exact) mass is 318 g/mol. The molecule has 24 heavy (non-hydrogen) atoms. The summed E-state index contributed by atoms with van der Waals surface area (Å²) in [6, 6.07) is 11.9. The molecule has 1 aliphatic carbocycles. The van der Waals surface area contributed by atoms with Crippen LogP contribution < -0.4 is 11.4 Å². The number of hydrogen-bond acceptors (Lipinski definition) is 4. The maximum atomic E-state index is 12.3. The Hall–Kier alpha value is -2.95. The number of nitrogens with zero attached hydrogens (tertiary/aromatic N) is 3. The van der Waals surface area contributed by atoms with Gasteiger partial charge in [0, 0.05) is 17.5 Å². The zero-order valence-corrected chi connectivity index (χ0v) is 13.5. The molecule has 0 radical (unpaired) electrons. The number of aromatic nitrogens is 3. The first-order valence-electron chi connectivity index (χ1n) is 8.07. The molecule has 1 aromatic carbocycles. The molecule has 2 heterocycles. The van der Waals surface area contributed by atoms with Crippen molar-refractivity contribution >= 4 is 5.82 Å². The third-order valence-electron chi connectivity index (χ3n) is 4.43. The topological polar surface area (TPSA) is 73.8 Å². The fourth-order valence-corrected chi connectivity index (χ4v) is 3.29. The van der Waals surface area contributed by atoms with Gasteiger partial charge in [-0.05, 0) is 49.9 Å². The van der Waals surface area contributed by atoms with Gasteiger partial charge >= 0.3 is 5.69 Å². The minimum atomic E-state index is -0.356. The lowest BCUT2D eigenvalue weighted by Gasteiger charge is -2.13. The molecule has 2 N–H and O–H groups in total. The summed E-state index contributed by atoms with van der Waals surface area (Å²) in [4.78, 5) is 21.0. The molecule has 0 saturated heterocycles. The van der Waals surface area contributed by atoms with Gasteiger partial charge in [-0.15, -0.1) is 0 Å². The zero-order chi connectivity index (χ0) is 16.7. The first-order valence-corrected chi connectivity index (χ1v) is 8.07. The van der Waals surface area contributed by atoms with Gasteiger partial charge in [-0.25, -0.2) is 4.79 Å². The highest BCUT2D eigenvalue weighted by Gasteiger charge is 2.20. The number of pyridine rings is 1. The molecule has 1 aliphatic rings. The predicted octanol–water partition coefficient (Wildman–Crippen LogP) is 2.67. The summed E-state index contributed by atoms with van der Waals surface area (Å²) in [6.45, 7) is 2.06. The zero-order valence-electron chi connectivity index (χ0n) is 13.5. The Kier molecular flexibility index (Phi) is 3.41. The van der Waals surface area contributed by atoms with Crippen LogP contribution in [0.25, 0.3) is 16.9 Å². The molecule has 0 aliphatic heterocycles. The normalized spacial score (nSPS) is 13.0. The summed E-state index contributed by atoms with van der Waals surface area (Å²) in [5, 5.41) is 0. The Balaban J connectivity index is 1.95. The second-order valence-electron chi connectivity index (χ2n) is 6.18. The van der Waals surface area contributed by atoms with E-state index in [9.17, 15) is 4.79 Å². The molecule has 5 heteroatoms. The quantitative estimate of drug-likeness (QED) is 0.788. The first kappa shape index (κ1) is 14.6. The third kappa shape index (κ3) is 2.48. The summed E-state index contributed by atoms with van der Waals surface area (Å²) >= 11 is 0. The standard InChI is InChI=1S/C19H18N4O/c1-12-4-2-5-13(10-12)16-11-17(14-6-3-7-15(14)21-16)23-9-8-18(20)22-19(23)24/h2,4-5,8-11H,3,6-7H2,1H3,(H2,20,22,24). The molecule has 3 aromatic rings. The number of nitrogens with two attached hydrogens (primary N) is 1. The van der Waals surface area contributed by atoms with Crippen LogP contribution in [0.3, 0.4) is 0 Å². The van der Waals surface area contributed by atoms with Gasteiger partial charge in [0.2, 0.25) is 0 Å². The van der Waals surface area contributed by atoms with Crippen LogP contribution in [0.15, 0.2) is 47.4 Å². The van der Waals surface area contributed by atoms with Gasteiger partial charge in [0.1, 0.15) is 5.82 Å². The summed E-state index contributed by atoms with van der Waals surface area (Å²) in [5.41, 5.74) is 11.5. The van der Waals surface area contributed by atoms with Crippen molar-refractivity contribution in [1.82, 2.24) is 14.5 Å². The van der Waals surface area contributed by atoms with Crippen LogP contribution in [0.4, 0.5) is 5.82 Å². The number of fused-ring (bicyclic) bond motifs is 1. The molecule has 2 aromatic heterocycles. The van der Waals surface area contributed by atoms with E-state index in [4.69, 9.17) is 10.7 Å². The summed E-state index contributed by atoms with van der Waals surface area (Å²) in [5.74, 6) is 0.237. The largest absolute Gasteiger partial charge is 0.383 e. The van der Waals surface area contributed by atoms with E-state index in [0.717, 1.165) is 47.5 Å².